The van der Waals surface area contributed by atoms with Crippen LogP contribution in [0.4, 0.5) is 13.2 Å². The third-order valence-corrected chi connectivity index (χ3v) is 2.77. The molecule has 5 heteroatoms. The van der Waals surface area contributed by atoms with E-state index in [-0.39, 0.29) is 6.42 Å². The number of rotatable bonds is 5. The molecule has 1 fully saturated rings. The van der Waals surface area contributed by atoms with E-state index >= 15 is 0 Å². The highest BCUT2D eigenvalue weighted by atomic mass is 19.4. The SMILES string of the molecule is FC(F)(F)CCCCNC1CCCOCC1. The van der Waals surface area contributed by atoms with Crippen molar-refractivity contribution in [3.63, 3.8) is 0 Å². The lowest BCUT2D eigenvalue weighted by molar-refractivity contribution is -0.135. The van der Waals surface area contributed by atoms with Gasteiger partial charge in [0, 0.05) is 25.7 Å². The summed E-state index contributed by atoms with van der Waals surface area (Å²) in [5, 5.41) is 3.30. The lowest BCUT2D eigenvalue weighted by Crippen LogP contribution is -2.30. The molecule has 0 spiro atoms. The summed E-state index contributed by atoms with van der Waals surface area (Å²) in [7, 11) is 0. The average Bonchev–Trinajstić information content (AvgIpc) is 2.44. The molecule has 1 rings (SSSR count). The molecule has 1 aliphatic heterocycles. The fraction of sp³-hybridized carbons (Fsp3) is 1.00. The van der Waals surface area contributed by atoms with Gasteiger partial charge in [0.2, 0.25) is 0 Å². The predicted molar refractivity (Wildman–Crippen MR) is 56.4 cm³/mol. The monoisotopic (exact) mass is 239 g/mol. The Morgan fingerprint density at radius 1 is 1.12 bits per heavy atom. The first-order valence-corrected chi connectivity index (χ1v) is 5.96. The Morgan fingerprint density at radius 3 is 2.69 bits per heavy atom. The third kappa shape index (κ3) is 7.06. The zero-order valence-corrected chi connectivity index (χ0v) is 9.48. The molecule has 0 aromatic heterocycles. The normalized spacial score (nSPS) is 23.1. The van der Waals surface area contributed by atoms with Gasteiger partial charge in [0.1, 0.15) is 0 Å². The molecule has 1 aliphatic rings. The van der Waals surface area contributed by atoms with Gasteiger partial charge in [-0.15, -0.1) is 0 Å². The molecule has 0 aliphatic carbocycles. The summed E-state index contributed by atoms with van der Waals surface area (Å²) in [6, 6.07) is 0.424. The Hall–Kier alpha value is -0.290. The second-order valence-corrected chi connectivity index (χ2v) is 4.27. The van der Waals surface area contributed by atoms with E-state index in [0.29, 0.717) is 19.0 Å². The van der Waals surface area contributed by atoms with Crippen LogP contribution in [0.5, 0.6) is 0 Å². The Labute approximate surface area is 94.5 Å². The van der Waals surface area contributed by atoms with E-state index in [0.717, 1.165) is 32.5 Å². The quantitative estimate of drug-likeness (QED) is 0.745. The molecule has 1 saturated heterocycles. The van der Waals surface area contributed by atoms with Crippen molar-refractivity contribution in [3.05, 3.63) is 0 Å². The van der Waals surface area contributed by atoms with Crippen molar-refractivity contribution < 1.29 is 17.9 Å². The topological polar surface area (TPSA) is 21.3 Å². The molecule has 0 bridgehead atoms. The van der Waals surface area contributed by atoms with E-state index in [1.807, 2.05) is 0 Å². The van der Waals surface area contributed by atoms with Crippen molar-refractivity contribution in [1.82, 2.24) is 5.32 Å². The summed E-state index contributed by atoms with van der Waals surface area (Å²) >= 11 is 0. The van der Waals surface area contributed by atoms with E-state index in [1.165, 1.54) is 0 Å². The van der Waals surface area contributed by atoms with Crippen LogP contribution in [0.3, 0.4) is 0 Å². The number of halogens is 3. The summed E-state index contributed by atoms with van der Waals surface area (Å²) in [4.78, 5) is 0. The third-order valence-electron chi connectivity index (χ3n) is 2.77. The van der Waals surface area contributed by atoms with Crippen molar-refractivity contribution >= 4 is 0 Å². The van der Waals surface area contributed by atoms with Gasteiger partial charge in [0.15, 0.2) is 0 Å². The van der Waals surface area contributed by atoms with E-state index in [4.69, 9.17) is 4.74 Å². The molecule has 1 heterocycles. The Bertz CT molecular complexity index is 177. The van der Waals surface area contributed by atoms with Crippen molar-refractivity contribution in [2.45, 2.75) is 50.7 Å². The summed E-state index contributed by atoms with van der Waals surface area (Å²) in [5.41, 5.74) is 0. The van der Waals surface area contributed by atoms with Gasteiger partial charge in [-0.25, -0.2) is 0 Å². The molecule has 0 saturated carbocycles. The molecule has 0 aromatic rings. The van der Waals surface area contributed by atoms with Crippen molar-refractivity contribution in [3.8, 4) is 0 Å². The molecule has 96 valence electrons. The molecule has 0 radical (unpaired) electrons. The van der Waals surface area contributed by atoms with Gasteiger partial charge in [-0.2, -0.15) is 13.2 Å². The fourth-order valence-electron chi connectivity index (χ4n) is 1.86. The molecule has 1 N–H and O–H groups in total. The average molecular weight is 239 g/mol. The van der Waals surface area contributed by atoms with Gasteiger partial charge in [0.05, 0.1) is 0 Å². The first-order valence-electron chi connectivity index (χ1n) is 5.96. The lowest BCUT2D eigenvalue weighted by Gasteiger charge is -2.15. The number of alkyl halides is 3. The number of unbranched alkanes of at least 4 members (excludes halogenated alkanes) is 1. The molecule has 0 amide bonds. The molecule has 2 nitrogen and oxygen atoms in total. The molecular weight excluding hydrogens is 219 g/mol. The smallest absolute Gasteiger partial charge is 0.381 e. The molecule has 1 atom stereocenters. The molecule has 16 heavy (non-hydrogen) atoms. The number of ether oxygens (including phenoxy) is 1. The minimum Gasteiger partial charge on any atom is -0.381 e. The van der Waals surface area contributed by atoms with Crippen molar-refractivity contribution in [1.29, 1.82) is 0 Å². The summed E-state index contributed by atoms with van der Waals surface area (Å²) in [6.45, 7) is 2.26. The standard InChI is InChI=1S/C11H20F3NO/c12-11(13,14)6-1-2-7-15-10-4-3-8-16-9-5-10/h10,15H,1-9H2. The number of hydrogen-bond acceptors (Lipinski definition) is 2. The van der Waals surface area contributed by atoms with Crippen LogP contribution in [0.15, 0.2) is 0 Å². The van der Waals surface area contributed by atoms with Crippen LogP contribution in [-0.2, 0) is 4.74 Å². The highest BCUT2D eigenvalue weighted by molar-refractivity contribution is 4.69. The zero-order valence-electron chi connectivity index (χ0n) is 9.48. The van der Waals surface area contributed by atoms with Crippen LogP contribution < -0.4 is 5.32 Å². The van der Waals surface area contributed by atoms with Crippen LogP contribution in [0.25, 0.3) is 0 Å². The molecule has 0 aromatic carbocycles. The minimum absolute atomic E-state index is 0.222. The first kappa shape index (κ1) is 13.8. The Kier molecular flexibility index (Phi) is 6.13. The fourth-order valence-corrected chi connectivity index (χ4v) is 1.86. The van der Waals surface area contributed by atoms with E-state index in [2.05, 4.69) is 5.32 Å². The zero-order chi connectivity index (χ0) is 11.9. The maximum absolute atomic E-state index is 11.9. The Morgan fingerprint density at radius 2 is 1.94 bits per heavy atom. The minimum atomic E-state index is -4.00. The lowest BCUT2D eigenvalue weighted by atomic mass is 10.1. The largest absolute Gasteiger partial charge is 0.389 e. The summed E-state index contributed by atoms with van der Waals surface area (Å²) in [5.74, 6) is 0. The first-order chi connectivity index (χ1) is 7.58. The second kappa shape index (κ2) is 7.12. The Balaban J connectivity index is 1.97. The molecular formula is C11H20F3NO. The van der Waals surface area contributed by atoms with Gasteiger partial charge < -0.3 is 10.1 Å². The van der Waals surface area contributed by atoms with Gasteiger partial charge in [-0.3, -0.25) is 0 Å². The van der Waals surface area contributed by atoms with Gasteiger partial charge in [0.25, 0.3) is 0 Å². The number of nitrogens with one attached hydrogen (secondary N) is 1. The van der Waals surface area contributed by atoms with E-state index in [9.17, 15) is 13.2 Å². The summed E-state index contributed by atoms with van der Waals surface area (Å²) < 4.78 is 40.9. The number of hydrogen-bond donors (Lipinski definition) is 1. The second-order valence-electron chi connectivity index (χ2n) is 4.27. The van der Waals surface area contributed by atoms with Crippen LogP contribution in [0.2, 0.25) is 0 Å². The van der Waals surface area contributed by atoms with E-state index < -0.39 is 12.6 Å². The van der Waals surface area contributed by atoms with Gasteiger partial charge >= 0.3 is 6.18 Å². The van der Waals surface area contributed by atoms with Crippen molar-refractivity contribution in [2.75, 3.05) is 19.8 Å². The van der Waals surface area contributed by atoms with Crippen LogP contribution in [-0.4, -0.2) is 32.0 Å². The maximum atomic E-state index is 11.9. The summed E-state index contributed by atoms with van der Waals surface area (Å²) in [6.07, 6.45) is -0.770. The highest BCUT2D eigenvalue weighted by Gasteiger charge is 2.25. The van der Waals surface area contributed by atoms with Crippen LogP contribution in [0, 0.1) is 0 Å². The molecule has 1 unspecified atom stereocenters. The maximum Gasteiger partial charge on any atom is 0.389 e. The van der Waals surface area contributed by atoms with E-state index in [1.54, 1.807) is 0 Å². The van der Waals surface area contributed by atoms with Crippen LogP contribution >= 0.6 is 0 Å². The van der Waals surface area contributed by atoms with Crippen LogP contribution in [0.1, 0.15) is 38.5 Å². The predicted octanol–water partition coefficient (Wildman–Crippen LogP) is 2.88. The van der Waals surface area contributed by atoms with Gasteiger partial charge in [-0.05, 0) is 38.6 Å². The highest BCUT2D eigenvalue weighted by Crippen LogP contribution is 2.21. The van der Waals surface area contributed by atoms with Crippen molar-refractivity contribution in [2.24, 2.45) is 0 Å². The van der Waals surface area contributed by atoms with Gasteiger partial charge in [-0.1, -0.05) is 0 Å².